The van der Waals surface area contributed by atoms with E-state index in [1.807, 2.05) is 13.8 Å². The molecule has 0 aromatic heterocycles. The molecule has 0 saturated heterocycles. The van der Waals surface area contributed by atoms with Crippen LogP contribution in [0.2, 0.25) is 0 Å². The van der Waals surface area contributed by atoms with Crippen molar-refractivity contribution in [2.75, 3.05) is 20.2 Å². The van der Waals surface area contributed by atoms with Gasteiger partial charge in [0.15, 0.2) is 0 Å². The Labute approximate surface area is 112 Å². The van der Waals surface area contributed by atoms with Crippen molar-refractivity contribution in [1.29, 1.82) is 0 Å². The first-order chi connectivity index (χ1) is 8.45. The van der Waals surface area contributed by atoms with Crippen LogP contribution in [0.4, 0.5) is 0 Å². The highest BCUT2D eigenvalue weighted by molar-refractivity contribution is 5.75. The summed E-state index contributed by atoms with van der Waals surface area (Å²) in [5.74, 6) is 0.694. The van der Waals surface area contributed by atoms with Crippen LogP contribution >= 0.6 is 0 Å². The van der Waals surface area contributed by atoms with E-state index in [1.54, 1.807) is 7.11 Å². The van der Waals surface area contributed by atoms with Gasteiger partial charge in [0, 0.05) is 20.1 Å². The van der Waals surface area contributed by atoms with E-state index in [4.69, 9.17) is 10.5 Å². The molecule has 0 aromatic carbocycles. The highest BCUT2D eigenvalue weighted by Gasteiger charge is 2.17. The fraction of sp³-hybridized carbons (Fsp3) is 0.929. The molecule has 1 atom stereocenters. The van der Waals surface area contributed by atoms with Crippen molar-refractivity contribution in [3.05, 3.63) is 0 Å². The first-order valence-corrected chi connectivity index (χ1v) is 6.97. The Kier molecular flexibility index (Phi) is 9.02. The van der Waals surface area contributed by atoms with Crippen molar-refractivity contribution in [3.63, 3.8) is 0 Å². The number of hydrogen-bond donors (Lipinski definition) is 2. The lowest BCUT2D eigenvalue weighted by Gasteiger charge is -2.23. The molecule has 0 aliphatic heterocycles. The van der Waals surface area contributed by atoms with E-state index in [-0.39, 0.29) is 11.5 Å². The topological polar surface area (TPSA) is 64.4 Å². The average molecular weight is 258 g/mol. The van der Waals surface area contributed by atoms with Crippen LogP contribution in [0.5, 0.6) is 0 Å². The number of carbonyl (C=O) groups excluding carboxylic acids is 1. The quantitative estimate of drug-likeness (QED) is 0.630. The molecule has 4 nitrogen and oxygen atoms in total. The molecule has 0 aliphatic carbocycles. The van der Waals surface area contributed by atoms with Crippen molar-refractivity contribution in [3.8, 4) is 0 Å². The summed E-state index contributed by atoms with van der Waals surface area (Å²) >= 11 is 0. The Bertz CT molecular complexity index is 224. The van der Waals surface area contributed by atoms with Crippen LogP contribution in [-0.4, -0.2) is 31.7 Å². The Balaban J connectivity index is 3.86. The molecule has 0 fully saturated rings. The van der Waals surface area contributed by atoms with E-state index >= 15 is 0 Å². The van der Waals surface area contributed by atoms with Gasteiger partial charge in [-0.15, -0.1) is 0 Å². The van der Waals surface area contributed by atoms with E-state index in [0.29, 0.717) is 25.4 Å². The maximum absolute atomic E-state index is 11.7. The largest absolute Gasteiger partial charge is 0.377 e. The zero-order valence-corrected chi connectivity index (χ0v) is 12.4. The van der Waals surface area contributed by atoms with Gasteiger partial charge in [-0.25, -0.2) is 0 Å². The van der Waals surface area contributed by atoms with Crippen LogP contribution in [-0.2, 0) is 9.53 Å². The molecule has 1 amide bonds. The number of hydrogen-bond acceptors (Lipinski definition) is 3. The van der Waals surface area contributed by atoms with Gasteiger partial charge in [-0.05, 0) is 39.2 Å². The molecule has 0 heterocycles. The van der Waals surface area contributed by atoms with Gasteiger partial charge in [0.2, 0.25) is 5.91 Å². The zero-order valence-electron chi connectivity index (χ0n) is 12.4. The number of rotatable bonds is 10. The third kappa shape index (κ3) is 8.48. The minimum absolute atomic E-state index is 0.109. The minimum atomic E-state index is -0.296. The van der Waals surface area contributed by atoms with Crippen LogP contribution in [0.15, 0.2) is 0 Å². The predicted octanol–water partition coefficient (Wildman–Crippen LogP) is 2.07. The lowest BCUT2D eigenvalue weighted by molar-refractivity contribution is -0.122. The van der Waals surface area contributed by atoms with Gasteiger partial charge >= 0.3 is 0 Å². The number of nitrogens with two attached hydrogens (primary N) is 1. The fourth-order valence-electron chi connectivity index (χ4n) is 1.88. The molecule has 0 spiro atoms. The number of carbonyl (C=O) groups is 1. The Morgan fingerprint density at radius 2 is 2.00 bits per heavy atom. The maximum Gasteiger partial charge on any atom is 0.220 e. The second-order valence-electron chi connectivity index (χ2n) is 5.51. The van der Waals surface area contributed by atoms with Gasteiger partial charge in [-0.2, -0.15) is 0 Å². The Morgan fingerprint density at radius 3 is 2.50 bits per heavy atom. The van der Waals surface area contributed by atoms with Crippen molar-refractivity contribution >= 4 is 5.91 Å². The summed E-state index contributed by atoms with van der Waals surface area (Å²) in [6.45, 7) is 7.36. The number of nitrogens with one attached hydrogen (secondary N) is 1. The fourth-order valence-corrected chi connectivity index (χ4v) is 1.88. The zero-order chi connectivity index (χ0) is 14.0. The van der Waals surface area contributed by atoms with Crippen molar-refractivity contribution in [1.82, 2.24) is 5.32 Å². The predicted molar refractivity (Wildman–Crippen MR) is 75.4 cm³/mol. The molecule has 0 rings (SSSR count). The van der Waals surface area contributed by atoms with E-state index in [0.717, 1.165) is 25.7 Å². The summed E-state index contributed by atoms with van der Waals surface area (Å²) < 4.78 is 5.26. The van der Waals surface area contributed by atoms with Crippen molar-refractivity contribution < 1.29 is 9.53 Å². The van der Waals surface area contributed by atoms with Gasteiger partial charge < -0.3 is 15.8 Å². The van der Waals surface area contributed by atoms with E-state index in [1.165, 1.54) is 0 Å². The monoisotopic (exact) mass is 258 g/mol. The lowest BCUT2D eigenvalue weighted by Crippen LogP contribution is -2.39. The van der Waals surface area contributed by atoms with E-state index in [2.05, 4.69) is 12.2 Å². The summed E-state index contributed by atoms with van der Waals surface area (Å²) in [7, 11) is 1.66. The van der Waals surface area contributed by atoms with Gasteiger partial charge in [-0.3, -0.25) is 4.79 Å². The number of ether oxygens (including phenoxy) is 1. The summed E-state index contributed by atoms with van der Waals surface area (Å²) in [6.07, 6.45) is 4.86. The first kappa shape index (κ1) is 17.4. The molecule has 108 valence electrons. The second kappa shape index (κ2) is 9.34. The number of methoxy groups -OCH3 is 1. The minimum Gasteiger partial charge on any atom is -0.377 e. The standard InChI is InChI=1S/C14H30N2O2/c1-5-6-12(9-10-15)7-8-13(17)16-11-14(2,3)18-4/h12H,5-11,15H2,1-4H3,(H,16,17). The third-order valence-electron chi connectivity index (χ3n) is 3.32. The van der Waals surface area contributed by atoms with Gasteiger partial charge in [0.25, 0.3) is 0 Å². The first-order valence-electron chi connectivity index (χ1n) is 6.97. The van der Waals surface area contributed by atoms with Crippen LogP contribution in [0.1, 0.15) is 52.9 Å². The summed E-state index contributed by atoms with van der Waals surface area (Å²) in [4.78, 5) is 11.7. The number of amides is 1. The SMILES string of the molecule is CCCC(CCN)CCC(=O)NCC(C)(C)OC. The molecule has 0 aliphatic rings. The molecule has 0 bridgehead atoms. The molecule has 0 aromatic rings. The summed E-state index contributed by atoms with van der Waals surface area (Å²) in [5, 5.41) is 2.92. The molecule has 18 heavy (non-hydrogen) atoms. The average Bonchev–Trinajstić information content (AvgIpc) is 2.34. The van der Waals surface area contributed by atoms with Gasteiger partial charge in [-0.1, -0.05) is 19.8 Å². The lowest BCUT2D eigenvalue weighted by atomic mass is 9.94. The molecular formula is C14H30N2O2. The van der Waals surface area contributed by atoms with Gasteiger partial charge in [0.1, 0.15) is 0 Å². The smallest absolute Gasteiger partial charge is 0.220 e. The Morgan fingerprint density at radius 1 is 1.33 bits per heavy atom. The van der Waals surface area contributed by atoms with E-state index in [9.17, 15) is 4.79 Å². The van der Waals surface area contributed by atoms with E-state index < -0.39 is 0 Å². The molecule has 0 radical (unpaired) electrons. The summed E-state index contributed by atoms with van der Waals surface area (Å²) in [5.41, 5.74) is 5.29. The van der Waals surface area contributed by atoms with Gasteiger partial charge in [0.05, 0.1) is 5.60 Å². The molecule has 1 unspecified atom stereocenters. The van der Waals surface area contributed by atoms with Crippen molar-refractivity contribution in [2.24, 2.45) is 11.7 Å². The van der Waals surface area contributed by atoms with Crippen LogP contribution in [0.25, 0.3) is 0 Å². The normalized spacial score (nSPS) is 13.4. The third-order valence-corrected chi connectivity index (χ3v) is 3.32. The Hall–Kier alpha value is -0.610. The van der Waals surface area contributed by atoms with Crippen LogP contribution in [0.3, 0.4) is 0 Å². The second-order valence-corrected chi connectivity index (χ2v) is 5.51. The van der Waals surface area contributed by atoms with Crippen molar-refractivity contribution in [2.45, 2.75) is 58.5 Å². The molecular weight excluding hydrogens is 228 g/mol. The maximum atomic E-state index is 11.7. The summed E-state index contributed by atoms with van der Waals surface area (Å²) in [6, 6.07) is 0. The molecule has 3 N–H and O–H groups in total. The van der Waals surface area contributed by atoms with Crippen LogP contribution in [0, 0.1) is 5.92 Å². The molecule has 0 saturated carbocycles. The highest BCUT2D eigenvalue weighted by atomic mass is 16.5. The van der Waals surface area contributed by atoms with Crippen LogP contribution < -0.4 is 11.1 Å². The molecule has 4 heteroatoms. The highest BCUT2D eigenvalue weighted by Crippen LogP contribution is 2.16.